The van der Waals surface area contributed by atoms with Gasteiger partial charge >= 0.3 is 0 Å². The average Bonchev–Trinajstić information content (AvgIpc) is 2.33. The van der Waals surface area contributed by atoms with Crippen molar-refractivity contribution in [2.45, 2.75) is 31.7 Å². The Bertz CT molecular complexity index is 512. The fraction of sp³-hybridized carbons (Fsp3) is 0.400. The first-order chi connectivity index (χ1) is 8.34. The van der Waals surface area contributed by atoms with Crippen LogP contribution in [0.1, 0.15) is 37.3 Å². The molecule has 2 heteroatoms. The summed E-state index contributed by atoms with van der Waals surface area (Å²) in [5, 5.41) is 1.19. The van der Waals surface area contributed by atoms with Crippen molar-refractivity contribution < 1.29 is 0 Å². The number of hydrogen-bond acceptors (Lipinski definition) is 2. The molecular weight excluding hydrogens is 208 g/mol. The zero-order valence-corrected chi connectivity index (χ0v) is 9.97. The van der Waals surface area contributed by atoms with Gasteiger partial charge in [-0.3, -0.25) is 4.98 Å². The van der Waals surface area contributed by atoms with Crippen LogP contribution in [0.2, 0.25) is 0 Å². The number of nitrogens with two attached hydrogens (primary N) is 1. The third-order valence-electron chi connectivity index (χ3n) is 3.88. The summed E-state index contributed by atoms with van der Waals surface area (Å²) in [6.45, 7) is 0. The van der Waals surface area contributed by atoms with Crippen molar-refractivity contribution in [1.82, 2.24) is 4.98 Å². The number of nitrogens with zero attached hydrogens (tertiary/aromatic N) is 1. The summed E-state index contributed by atoms with van der Waals surface area (Å²) >= 11 is 0. The van der Waals surface area contributed by atoms with Crippen molar-refractivity contribution in [1.29, 1.82) is 0 Å². The maximum absolute atomic E-state index is 6.33. The second kappa shape index (κ2) is 4.46. The predicted octanol–water partition coefficient (Wildman–Crippen LogP) is 3.42. The quantitative estimate of drug-likeness (QED) is 0.870. The van der Waals surface area contributed by atoms with E-state index in [1.807, 2.05) is 12.3 Å². The van der Waals surface area contributed by atoms with E-state index in [1.54, 1.807) is 0 Å². The highest BCUT2D eigenvalue weighted by Gasteiger charge is 2.21. The van der Waals surface area contributed by atoms with E-state index in [1.165, 1.54) is 30.2 Å². The molecule has 2 N–H and O–H groups in total. The van der Waals surface area contributed by atoms with Gasteiger partial charge in [0.05, 0.1) is 5.52 Å². The van der Waals surface area contributed by atoms with Crippen LogP contribution in [0.5, 0.6) is 0 Å². The first-order valence-electron chi connectivity index (χ1n) is 6.44. The van der Waals surface area contributed by atoms with Crippen LogP contribution in [0.25, 0.3) is 10.9 Å². The number of fused-ring (bicyclic) bond motifs is 1. The van der Waals surface area contributed by atoms with E-state index in [0.717, 1.165) is 17.9 Å². The molecule has 1 fully saturated rings. The molecule has 1 unspecified atom stereocenters. The van der Waals surface area contributed by atoms with Crippen LogP contribution in [0.15, 0.2) is 36.5 Å². The minimum absolute atomic E-state index is 0.138. The zero-order valence-electron chi connectivity index (χ0n) is 9.97. The monoisotopic (exact) mass is 226 g/mol. The van der Waals surface area contributed by atoms with Gasteiger partial charge in [-0.15, -0.1) is 0 Å². The molecule has 1 aromatic carbocycles. The molecule has 1 aromatic heterocycles. The molecule has 1 aliphatic rings. The van der Waals surface area contributed by atoms with E-state index in [0.29, 0.717) is 0 Å². The van der Waals surface area contributed by atoms with Crippen LogP contribution in [0.3, 0.4) is 0 Å². The fourth-order valence-electron chi connectivity index (χ4n) is 2.64. The van der Waals surface area contributed by atoms with E-state index in [9.17, 15) is 0 Å². The first kappa shape index (κ1) is 10.7. The van der Waals surface area contributed by atoms with Gasteiger partial charge in [0.2, 0.25) is 0 Å². The third-order valence-corrected chi connectivity index (χ3v) is 3.88. The smallest absolute Gasteiger partial charge is 0.0749 e. The van der Waals surface area contributed by atoms with Gasteiger partial charge < -0.3 is 5.73 Å². The van der Waals surface area contributed by atoms with E-state index in [-0.39, 0.29) is 6.04 Å². The standard InChI is InChI=1S/C15H18N2/c16-14(10-11-4-1-5-11)13-8-2-6-12-7-3-9-17-15(12)13/h2-3,6-9,11,14H,1,4-5,10,16H2. The lowest BCUT2D eigenvalue weighted by molar-refractivity contribution is 0.277. The van der Waals surface area contributed by atoms with Crippen molar-refractivity contribution in [3.05, 3.63) is 42.1 Å². The molecule has 1 heterocycles. The molecule has 0 radical (unpaired) electrons. The van der Waals surface area contributed by atoms with Crippen molar-refractivity contribution in [2.24, 2.45) is 11.7 Å². The summed E-state index contributed by atoms with van der Waals surface area (Å²) in [7, 11) is 0. The molecule has 1 atom stereocenters. The Balaban J connectivity index is 1.92. The molecule has 17 heavy (non-hydrogen) atoms. The fourth-order valence-corrected chi connectivity index (χ4v) is 2.64. The van der Waals surface area contributed by atoms with Crippen LogP contribution in [-0.4, -0.2) is 4.98 Å². The van der Waals surface area contributed by atoms with Crippen LogP contribution >= 0.6 is 0 Å². The highest BCUT2D eigenvalue weighted by atomic mass is 14.7. The van der Waals surface area contributed by atoms with Crippen molar-refractivity contribution in [2.75, 3.05) is 0 Å². The maximum Gasteiger partial charge on any atom is 0.0749 e. The van der Waals surface area contributed by atoms with E-state index >= 15 is 0 Å². The molecule has 0 bridgehead atoms. The van der Waals surface area contributed by atoms with E-state index in [2.05, 4.69) is 29.2 Å². The normalized spacial score (nSPS) is 17.9. The Morgan fingerprint density at radius 2 is 2.06 bits per heavy atom. The summed E-state index contributed by atoms with van der Waals surface area (Å²) in [6.07, 6.45) is 7.04. The van der Waals surface area contributed by atoms with Crippen molar-refractivity contribution >= 4 is 10.9 Å². The van der Waals surface area contributed by atoms with Gasteiger partial charge in [0.1, 0.15) is 0 Å². The van der Waals surface area contributed by atoms with Gasteiger partial charge in [-0.1, -0.05) is 43.5 Å². The van der Waals surface area contributed by atoms with Crippen molar-refractivity contribution in [3.63, 3.8) is 0 Å². The minimum Gasteiger partial charge on any atom is -0.324 e. The number of rotatable bonds is 3. The SMILES string of the molecule is NC(CC1CCC1)c1cccc2cccnc12. The second-order valence-corrected chi connectivity index (χ2v) is 5.06. The summed E-state index contributed by atoms with van der Waals surface area (Å²) in [6, 6.07) is 10.5. The minimum atomic E-state index is 0.138. The Morgan fingerprint density at radius 3 is 2.82 bits per heavy atom. The lowest BCUT2D eigenvalue weighted by Crippen LogP contribution is -2.20. The molecule has 88 valence electrons. The Morgan fingerprint density at radius 1 is 1.24 bits per heavy atom. The largest absolute Gasteiger partial charge is 0.324 e. The molecule has 1 saturated carbocycles. The third kappa shape index (κ3) is 2.05. The summed E-state index contributed by atoms with van der Waals surface area (Å²) in [5.74, 6) is 0.837. The summed E-state index contributed by atoms with van der Waals surface area (Å²) in [5.41, 5.74) is 8.61. The lowest BCUT2D eigenvalue weighted by atomic mass is 9.79. The highest BCUT2D eigenvalue weighted by Crippen LogP contribution is 2.35. The summed E-state index contributed by atoms with van der Waals surface area (Å²) in [4.78, 5) is 4.47. The van der Waals surface area contributed by atoms with Gasteiger partial charge in [0, 0.05) is 17.6 Å². The predicted molar refractivity (Wildman–Crippen MR) is 70.6 cm³/mol. The highest BCUT2D eigenvalue weighted by molar-refractivity contribution is 5.81. The van der Waals surface area contributed by atoms with Gasteiger partial charge in [0.15, 0.2) is 0 Å². The molecule has 0 aliphatic heterocycles. The molecule has 0 spiro atoms. The van der Waals surface area contributed by atoms with E-state index < -0.39 is 0 Å². The van der Waals surface area contributed by atoms with Crippen LogP contribution < -0.4 is 5.73 Å². The van der Waals surface area contributed by atoms with Crippen molar-refractivity contribution in [3.8, 4) is 0 Å². The average molecular weight is 226 g/mol. The van der Waals surface area contributed by atoms with E-state index in [4.69, 9.17) is 5.73 Å². The van der Waals surface area contributed by atoms with Gasteiger partial charge in [-0.25, -0.2) is 0 Å². The molecular formula is C15H18N2. The Labute approximate surface area is 102 Å². The van der Waals surface area contributed by atoms with Crippen LogP contribution in [-0.2, 0) is 0 Å². The molecule has 2 nitrogen and oxygen atoms in total. The van der Waals surface area contributed by atoms with Gasteiger partial charge in [-0.05, 0) is 24.0 Å². The zero-order chi connectivity index (χ0) is 11.7. The topological polar surface area (TPSA) is 38.9 Å². The molecule has 1 aliphatic carbocycles. The van der Waals surface area contributed by atoms with Gasteiger partial charge in [0.25, 0.3) is 0 Å². The van der Waals surface area contributed by atoms with Gasteiger partial charge in [-0.2, -0.15) is 0 Å². The number of benzene rings is 1. The molecule has 3 rings (SSSR count). The number of hydrogen-bond donors (Lipinski definition) is 1. The van der Waals surface area contributed by atoms with Crippen LogP contribution in [0, 0.1) is 5.92 Å². The lowest BCUT2D eigenvalue weighted by Gasteiger charge is -2.28. The maximum atomic E-state index is 6.33. The Hall–Kier alpha value is -1.41. The molecule has 0 saturated heterocycles. The number of para-hydroxylation sites is 1. The first-order valence-corrected chi connectivity index (χ1v) is 6.44. The number of aromatic nitrogens is 1. The number of pyridine rings is 1. The molecule has 2 aromatic rings. The van der Waals surface area contributed by atoms with Crippen LogP contribution in [0.4, 0.5) is 0 Å². The molecule has 0 amide bonds. The Kier molecular flexibility index (Phi) is 2.81. The summed E-state index contributed by atoms with van der Waals surface area (Å²) < 4.78 is 0. The second-order valence-electron chi connectivity index (χ2n) is 5.06.